The van der Waals surface area contributed by atoms with Crippen LogP contribution >= 0.6 is 34.3 Å². The highest BCUT2D eigenvalue weighted by Crippen LogP contribution is 2.33. The number of rotatable bonds is 8. The SMILES string of the molecule is Cc1cccc(Nc2nc(Nc3ccc4[nH]ncc4c3)c3sccc3n2)n1.Clc1ncccc1Nc1nc(Nc2ccc3[nH]ncc3c2)c2sccc2n1. The molecule has 10 aromatic rings. The van der Waals surface area contributed by atoms with Crippen LogP contribution in [0.15, 0.2) is 108 Å². The van der Waals surface area contributed by atoms with Crippen molar-refractivity contribution < 1.29 is 0 Å². The van der Waals surface area contributed by atoms with Gasteiger partial charge in [-0.3, -0.25) is 10.2 Å². The third kappa shape index (κ3) is 7.03. The average molecular weight is 767 g/mol. The summed E-state index contributed by atoms with van der Waals surface area (Å²) in [5, 5.41) is 33.6. The predicted molar refractivity (Wildman–Crippen MR) is 218 cm³/mol. The smallest absolute Gasteiger partial charge is 0.231 e. The maximum Gasteiger partial charge on any atom is 0.231 e. The van der Waals surface area contributed by atoms with Crippen LogP contribution in [0.25, 0.3) is 42.2 Å². The van der Waals surface area contributed by atoms with Gasteiger partial charge in [0.1, 0.15) is 5.82 Å². The summed E-state index contributed by atoms with van der Waals surface area (Å²) in [4.78, 5) is 27.0. The van der Waals surface area contributed by atoms with Crippen molar-refractivity contribution in [1.82, 2.24) is 50.3 Å². The Hall–Kier alpha value is -6.75. The number of halogens is 1. The van der Waals surface area contributed by atoms with Crippen LogP contribution in [-0.4, -0.2) is 50.3 Å². The minimum Gasteiger partial charge on any atom is -0.339 e. The van der Waals surface area contributed by atoms with E-state index in [1.807, 2.05) is 90.5 Å². The summed E-state index contributed by atoms with van der Waals surface area (Å²) < 4.78 is 1.98. The molecule has 8 heterocycles. The Morgan fingerprint density at radius 2 is 1.22 bits per heavy atom. The molecule has 17 heteroatoms. The lowest BCUT2D eigenvalue weighted by Gasteiger charge is -2.10. The zero-order chi connectivity index (χ0) is 36.4. The molecule has 0 aliphatic rings. The highest BCUT2D eigenvalue weighted by atomic mass is 35.5. The molecular formula is C37H27ClN14S2. The Labute approximate surface area is 319 Å². The third-order valence-electron chi connectivity index (χ3n) is 8.15. The fourth-order valence-corrected chi connectivity index (χ4v) is 7.37. The van der Waals surface area contributed by atoms with E-state index in [1.165, 1.54) is 0 Å². The first-order chi connectivity index (χ1) is 26.5. The number of benzene rings is 2. The number of hydrogen-bond donors (Lipinski definition) is 6. The molecule has 0 amide bonds. The molecule has 0 spiro atoms. The van der Waals surface area contributed by atoms with Crippen LogP contribution in [0, 0.1) is 6.92 Å². The maximum absolute atomic E-state index is 6.13. The van der Waals surface area contributed by atoms with E-state index in [-0.39, 0.29) is 0 Å². The molecule has 10 rings (SSSR count). The number of aromatic amines is 2. The lowest BCUT2D eigenvalue weighted by atomic mass is 10.2. The quantitative estimate of drug-likeness (QED) is 0.0806. The van der Waals surface area contributed by atoms with Gasteiger partial charge in [0.15, 0.2) is 16.8 Å². The summed E-state index contributed by atoms with van der Waals surface area (Å²) in [6.07, 6.45) is 5.23. The van der Waals surface area contributed by atoms with Crippen LogP contribution < -0.4 is 21.3 Å². The first-order valence-corrected chi connectivity index (χ1v) is 18.6. The van der Waals surface area contributed by atoms with Crippen molar-refractivity contribution in [1.29, 1.82) is 0 Å². The minimum absolute atomic E-state index is 0.367. The largest absolute Gasteiger partial charge is 0.339 e. The van der Waals surface area contributed by atoms with Crippen LogP contribution in [0.2, 0.25) is 5.15 Å². The number of H-pyrrole nitrogens is 2. The van der Waals surface area contributed by atoms with Crippen LogP contribution in [0.3, 0.4) is 0 Å². The fraction of sp³-hybridized carbons (Fsp3) is 0.0270. The van der Waals surface area contributed by atoms with Gasteiger partial charge in [0.25, 0.3) is 0 Å². The van der Waals surface area contributed by atoms with E-state index in [1.54, 1.807) is 47.3 Å². The Kier molecular flexibility index (Phi) is 8.80. The van der Waals surface area contributed by atoms with E-state index in [0.717, 1.165) is 76.8 Å². The summed E-state index contributed by atoms with van der Waals surface area (Å²) in [6.45, 7) is 1.95. The first-order valence-electron chi connectivity index (χ1n) is 16.5. The summed E-state index contributed by atoms with van der Waals surface area (Å²) in [5.41, 5.74) is 7.17. The number of thiophene rings is 2. The van der Waals surface area contributed by atoms with Crippen molar-refractivity contribution in [3.63, 3.8) is 0 Å². The van der Waals surface area contributed by atoms with E-state index >= 15 is 0 Å². The lowest BCUT2D eigenvalue weighted by Crippen LogP contribution is -2.02. The zero-order valence-corrected chi connectivity index (χ0v) is 30.6. The van der Waals surface area contributed by atoms with Crippen LogP contribution in [0.1, 0.15) is 5.69 Å². The zero-order valence-electron chi connectivity index (χ0n) is 28.2. The number of aryl methyl sites for hydroxylation is 1. The molecule has 6 N–H and O–H groups in total. The van der Waals surface area contributed by atoms with E-state index in [9.17, 15) is 0 Å². The van der Waals surface area contributed by atoms with Gasteiger partial charge in [0.2, 0.25) is 11.9 Å². The molecule has 54 heavy (non-hydrogen) atoms. The van der Waals surface area contributed by atoms with Crippen molar-refractivity contribution in [3.8, 4) is 0 Å². The fourth-order valence-electron chi connectivity index (χ4n) is 5.65. The number of hydrogen-bond acceptors (Lipinski definition) is 14. The molecule has 0 aliphatic carbocycles. The van der Waals surface area contributed by atoms with Crippen molar-refractivity contribution in [2.24, 2.45) is 0 Å². The van der Waals surface area contributed by atoms with Gasteiger partial charge >= 0.3 is 0 Å². The third-order valence-corrected chi connectivity index (χ3v) is 10.3. The maximum atomic E-state index is 6.13. The van der Waals surface area contributed by atoms with Crippen molar-refractivity contribution in [2.75, 3.05) is 21.3 Å². The average Bonchev–Trinajstić information content (AvgIpc) is 4.00. The van der Waals surface area contributed by atoms with E-state index in [2.05, 4.69) is 71.6 Å². The summed E-state index contributed by atoms with van der Waals surface area (Å²) in [5.74, 6) is 3.15. The van der Waals surface area contributed by atoms with Crippen LogP contribution in [0.5, 0.6) is 0 Å². The van der Waals surface area contributed by atoms with Gasteiger partial charge in [-0.2, -0.15) is 20.2 Å². The van der Waals surface area contributed by atoms with Gasteiger partial charge < -0.3 is 21.3 Å². The number of fused-ring (bicyclic) bond motifs is 4. The minimum atomic E-state index is 0.367. The second-order valence-corrected chi connectivity index (χ2v) is 14.1. The van der Waals surface area contributed by atoms with E-state index in [4.69, 9.17) is 11.6 Å². The van der Waals surface area contributed by atoms with Gasteiger partial charge in [-0.1, -0.05) is 17.7 Å². The molecule has 8 aromatic heterocycles. The van der Waals surface area contributed by atoms with Crippen molar-refractivity contribution in [3.05, 3.63) is 119 Å². The van der Waals surface area contributed by atoms with E-state index < -0.39 is 0 Å². The monoisotopic (exact) mass is 766 g/mol. The van der Waals surface area contributed by atoms with Gasteiger partial charge in [0.05, 0.1) is 49.5 Å². The Morgan fingerprint density at radius 1 is 0.611 bits per heavy atom. The number of aromatic nitrogens is 10. The molecule has 0 saturated heterocycles. The molecule has 264 valence electrons. The summed E-state index contributed by atoms with van der Waals surface area (Å²) in [6, 6.07) is 25.4. The second-order valence-electron chi connectivity index (χ2n) is 11.9. The molecule has 0 bridgehead atoms. The molecular weight excluding hydrogens is 740 g/mol. The van der Waals surface area contributed by atoms with Crippen molar-refractivity contribution in [2.45, 2.75) is 6.92 Å². The molecule has 0 aliphatic heterocycles. The van der Waals surface area contributed by atoms with Gasteiger partial charge in [-0.15, -0.1) is 22.7 Å². The topological polar surface area (TPSA) is 183 Å². The second kappa shape index (κ2) is 14.3. The van der Waals surface area contributed by atoms with Crippen LogP contribution in [-0.2, 0) is 0 Å². The highest BCUT2D eigenvalue weighted by Gasteiger charge is 2.13. The van der Waals surface area contributed by atoms with Gasteiger partial charge in [0, 0.05) is 34.0 Å². The number of nitrogens with zero attached hydrogens (tertiary/aromatic N) is 8. The molecule has 0 saturated carbocycles. The van der Waals surface area contributed by atoms with Gasteiger partial charge in [-0.05, 0) is 90.5 Å². The number of pyridine rings is 2. The lowest BCUT2D eigenvalue weighted by molar-refractivity contribution is 1.12. The first kappa shape index (κ1) is 33.1. The van der Waals surface area contributed by atoms with Crippen molar-refractivity contribution >= 4 is 123 Å². The highest BCUT2D eigenvalue weighted by molar-refractivity contribution is 7.18. The Balaban J connectivity index is 0.000000142. The number of anilines is 8. The van der Waals surface area contributed by atoms with Gasteiger partial charge in [-0.25, -0.2) is 19.9 Å². The van der Waals surface area contributed by atoms with E-state index in [0.29, 0.717) is 22.7 Å². The Morgan fingerprint density at radius 3 is 1.81 bits per heavy atom. The predicted octanol–water partition coefficient (Wildman–Crippen LogP) is 9.86. The molecule has 0 atom stereocenters. The summed E-state index contributed by atoms with van der Waals surface area (Å²) >= 11 is 9.32. The molecule has 14 nitrogen and oxygen atoms in total. The molecule has 2 aromatic carbocycles. The van der Waals surface area contributed by atoms with Crippen LogP contribution in [0.4, 0.5) is 46.4 Å². The molecule has 0 fully saturated rings. The Bertz CT molecular complexity index is 2920. The normalized spacial score (nSPS) is 11.1. The summed E-state index contributed by atoms with van der Waals surface area (Å²) in [7, 11) is 0. The molecule has 0 unspecified atom stereocenters. The number of nitrogens with one attached hydrogen (secondary N) is 6. The molecule has 0 radical (unpaired) electrons. The standard InChI is InChI=1S/C19H15N7S.C18H12ClN7S/c1-11-3-2-4-16(21-11)24-19-23-15-7-8-27-17(15)18(25-19)22-13-5-6-14-12(9-13)10-20-26-14;19-16-14(2-1-6-20-16)24-18-23-13-5-7-27-15(13)17(25-18)22-11-3-4-12-10(8-11)9-21-26-12/h2-10H,1H3,(H,20,26)(H2,21,22,23,24,25);1-9H,(H,21,26)(H2,22,23,24,25).